The Balaban J connectivity index is 2.15. The lowest BCUT2D eigenvalue weighted by atomic mass is 10.5. The fourth-order valence-corrected chi connectivity index (χ4v) is 4.79. The van der Waals surface area contributed by atoms with Crippen LogP contribution in [0.25, 0.3) is 0 Å². The number of hydrogen-bond acceptors (Lipinski definition) is 5. The van der Waals surface area contributed by atoms with Gasteiger partial charge in [0.2, 0.25) is 10.0 Å². The molecule has 0 saturated carbocycles. The molecule has 0 atom stereocenters. The molecule has 2 rings (SSSR count). The second kappa shape index (κ2) is 5.08. The van der Waals surface area contributed by atoms with Crippen LogP contribution in [0.15, 0.2) is 21.1 Å². The Morgan fingerprint density at radius 1 is 1.56 bits per heavy atom. The van der Waals surface area contributed by atoms with Crippen LogP contribution in [0.5, 0.6) is 0 Å². The van der Waals surface area contributed by atoms with Crippen molar-refractivity contribution in [1.29, 1.82) is 0 Å². The van der Waals surface area contributed by atoms with Gasteiger partial charge in [-0.3, -0.25) is 4.68 Å². The van der Waals surface area contributed by atoms with Crippen molar-refractivity contribution in [3.8, 4) is 0 Å². The van der Waals surface area contributed by atoms with E-state index in [1.807, 2.05) is 0 Å². The van der Waals surface area contributed by atoms with Crippen molar-refractivity contribution >= 4 is 37.3 Å². The molecule has 0 aliphatic carbocycles. The van der Waals surface area contributed by atoms with E-state index < -0.39 is 10.0 Å². The Bertz CT molecular complexity index is 662. The number of hydrogen-bond donors (Lipinski definition) is 1. The lowest BCUT2D eigenvalue weighted by Crippen LogP contribution is -2.24. The molecule has 0 fully saturated rings. The second-order valence-corrected chi connectivity index (χ2v) is 8.00. The van der Waals surface area contributed by atoms with Crippen LogP contribution in [-0.2, 0) is 23.6 Å². The average Bonchev–Trinajstić information content (AvgIpc) is 2.82. The standard InChI is InChI=1S/C9H11BrN4O2S2/c1-6-7(3-8(10)17-6)18(15,16)12-4-9-11-5-14(2)13-9/h3,5,12H,4H2,1-2H3. The molecule has 9 heteroatoms. The molecule has 18 heavy (non-hydrogen) atoms. The van der Waals surface area contributed by atoms with Gasteiger partial charge in [-0.05, 0) is 28.9 Å². The zero-order chi connectivity index (χ0) is 13.3. The van der Waals surface area contributed by atoms with Crippen molar-refractivity contribution in [3.63, 3.8) is 0 Å². The summed E-state index contributed by atoms with van der Waals surface area (Å²) in [7, 11) is -1.79. The van der Waals surface area contributed by atoms with Crippen LogP contribution in [0.1, 0.15) is 10.7 Å². The third-order valence-corrected chi connectivity index (χ3v) is 5.41. The van der Waals surface area contributed by atoms with E-state index >= 15 is 0 Å². The van der Waals surface area contributed by atoms with Crippen molar-refractivity contribution in [2.75, 3.05) is 0 Å². The lowest BCUT2D eigenvalue weighted by Gasteiger charge is -2.03. The Hall–Kier alpha value is -0.770. The van der Waals surface area contributed by atoms with Gasteiger partial charge in [0, 0.05) is 11.9 Å². The van der Waals surface area contributed by atoms with E-state index in [1.54, 1.807) is 20.0 Å². The first-order valence-corrected chi connectivity index (χ1v) is 8.08. The van der Waals surface area contributed by atoms with Gasteiger partial charge in [-0.15, -0.1) is 11.3 Å². The third-order valence-electron chi connectivity index (χ3n) is 2.20. The van der Waals surface area contributed by atoms with Gasteiger partial charge >= 0.3 is 0 Å². The summed E-state index contributed by atoms with van der Waals surface area (Å²) in [6, 6.07) is 1.59. The molecule has 98 valence electrons. The molecule has 0 amide bonds. The monoisotopic (exact) mass is 350 g/mol. The van der Waals surface area contributed by atoms with Crippen LogP contribution in [-0.4, -0.2) is 23.2 Å². The van der Waals surface area contributed by atoms with Crippen LogP contribution < -0.4 is 4.72 Å². The van der Waals surface area contributed by atoms with E-state index in [-0.39, 0.29) is 11.4 Å². The molecule has 1 N–H and O–H groups in total. The molecule has 0 radical (unpaired) electrons. The molecule has 0 aliphatic rings. The third kappa shape index (κ3) is 2.97. The summed E-state index contributed by atoms with van der Waals surface area (Å²) in [6.07, 6.45) is 1.52. The van der Waals surface area contributed by atoms with Gasteiger partial charge in [0.25, 0.3) is 0 Å². The van der Waals surface area contributed by atoms with Gasteiger partial charge in [-0.25, -0.2) is 18.1 Å². The van der Waals surface area contributed by atoms with E-state index in [9.17, 15) is 8.42 Å². The molecule has 0 spiro atoms. The van der Waals surface area contributed by atoms with E-state index in [4.69, 9.17) is 0 Å². The summed E-state index contributed by atoms with van der Waals surface area (Å²) in [5.41, 5.74) is 0. The van der Waals surface area contributed by atoms with Crippen molar-refractivity contribution < 1.29 is 8.42 Å². The predicted octanol–water partition coefficient (Wildman–Crippen LogP) is 1.43. The minimum atomic E-state index is -3.52. The predicted molar refractivity (Wildman–Crippen MR) is 71.8 cm³/mol. The van der Waals surface area contributed by atoms with Crippen LogP contribution in [0, 0.1) is 6.92 Å². The highest BCUT2D eigenvalue weighted by Crippen LogP contribution is 2.29. The number of rotatable bonds is 4. The fourth-order valence-electron chi connectivity index (χ4n) is 1.40. The SMILES string of the molecule is Cc1sc(Br)cc1S(=O)(=O)NCc1ncn(C)n1. The molecule has 2 aromatic heterocycles. The van der Waals surface area contributed by atoms with Crippen molar-refractivity contribution in [3.05, 3.63) is 26.9 Å². The number of thiophene rings is 1. The molecule has 0 aliphatic heterocycles. The van der Waals surface area contributed by atoms with Gasteiger partial charge < -0.3 is 0 Å². The molecule has 0 unspecified atom stereocenters. The number of halogens is 1. The molecule has 0 bridgehead atoms. The maximum atomic E-state index is 12.1. The van der Waals surface area contributed by atoms with Crippen molar-refractivity contribution in [2.45, 2.75) is 18.4 Å². The van der Waals surface area contributed by atoms with E-state index in [1.165, 1.54) is 22.3 Å². The van der Waals surface area contributed by atoms with Gasteiger partial charge in [-0.2, -0.15) is 5.10 Å². The Labute approximate surface area is 117 Å². The van der Waals surface area contributed by atoms with E-state index in [2.05, 4.69) is 30.7 Å². The van der Waals surface area contributed by atoms with Crippen LogP contribution in [0.3, 0.4) is 0 Å². The molecule has 0 saturated heterocycles. The largest absolute Gasteiger partial charge is 0.256 e. The van der Waals surface area contributed by atoms with Gasteiger partial charge in [0.05, 0.1) is 15.2 Å². The van der Waals surface area contributed by atoms with Crippen molar-refractivity contribution in [2.24, 2.45) is 7.05 Å². The van der Waals surface area contributed by atoms with Crippen LogP contribution in [0.4, 0.5) is 0 Å². The second-order valence-electron chi connectivity index (χ2n) is 3.63. The zero-order valence-corrected chi connectivity index (χ0v) is 12.9. The highest BCUT2D eigenvalue weighted by atomic mass is 79.9. The molecular formula is C9H11BrN4O2S2. The molecule has 0 aromatic carbocycles. The van der Waals surface area contributed by atoms with Crippen LogP contribution >= 0.6 is 27.3 Å². The highest BCUT2D eigenvalue weighted by molar-refractivity contribution is 9.11. The summed E-state index contributed by atoms with van der Waals surface area (Å²) in [4.78, 5) is 4.98. The number of sulfonamides is 1. The summed E-state index contributed by atoms with van der Waals surface area (Å²) in [6.45, 7) is 1.85. The average molecular weight is 351 g/mol. The van der Waals surface area contributed by atoms with Crippen molar-refractivity contribution in [1.82, 2.24) is 19.5 Å². The molecule has 6 nitrogen and oxygen atoms in total. The van der Waals surface area contributed by atoms with E-state index in [0.29, 0.717) is 5.82 Å². The maximum Gasteiger partial charge on any atom is 0.242 e. The normalized spacial score (nSPS) is 11.9. The van der Waals surface area contributed by atoms with Crippen LogP contribution in [0.2, 0.25) is 0 Å². The first kappa shape index (κ1) is 13.7. The lowest BCUT2D eigenvalue weighted by molar-refractivity contribution is 0.578. The minimum absolute atomic E-state index is 0.0794. The van der Waals surface area contributed by atoms with Gasteiger partial charge in [-0.1, -0.05) is 0 Å². The topological polar surface area (TPSA) is 76.9 Å². The van der Waals surface area contributed by atoms with Gasteiger partial charge in [0.15, 0.2) is 5.82 Å². The Morgan fingerprint density at radius 2 is 2.28 bits per heavy atom. The first-order valence-electron chi connectivity index (χ1n) is 4.98. The summed E-state index contributed by atoms with van der Waals surface area (Å²) in [5.74, 6) is 0.438. The summed E-state index contributed by atoms with van der Waals surface area (Å²) >= 11 is 4.66. The smallest absolute Gasteiger partial charge is 0.242 e. The number of nitrogens with zero attached hydrogens (tertiary/aromatic N) is 3. The first-order chi connectivity index (χ1) is 8.38. The summed E-state index contributed by atoms with van der Waals surface area (Å²) in [5, 5.41) is 4.01. The number of aromatic nitrogens is 3. The Morgan fingerprint density at radius 3 is 2.78 bits per heavy atom. The molecular weight excluding hydrogens is 340 g/mol. The zero-order valence-electron chi connectivity index (χ0n) is 9.71. The summed E-state index contributed by atoms with van der Waals surface area (Å²) < 4.78 is 28.9. The molecule has 2 aromatic rings. The van der Waals surface area contributed by atoms with E-state index in [0.717, 1.165) is 8.66 Å². The Kier molecular flexibility index (Phi) is 3.85. The fraction of sp³-hybridized carbons (Fsp3) is 0.333. The molecule has 2 heterocycles. The number of nitrogens with one attached hydrogen (secondary N) is 1. The highest BCUT2D eigenvalue weighted by Gasteiger charge is 2.19. The quantitative estimate of drug-likeness (QED) is 0.904. The van der Waals surface area contributed by atoms with Gasteiger partial charge in [0.1, 0.15) is 6.33 Å². The number of aryl methyl sites for hydroxylation is 2. The maximum absolute atomic E-state index is 12.1. The minimum Gasteiger partial charge on any atom is -0.256 e.